The van der Waals surface area contributed by atoms with Crippen molar-refractivity contribution in [3.8, 4) is 0 Å². The molecule has 116 valence electrons. The molecule has 23 heavy (non-hydrogen) atoms. The van der Waals surface area contributed by atoms with Gasteiger partial charge in [-0.1, -0.05) is 60.2 Å². The lowest BCUT2D eigenvalue weighted by atomic mass is 9.87. The molecule has 0 radical (unpaired) electrons. The van der Waals surface area contributed by atoms with Gasteiger partial charge in [0, 0.05) is 24.0 Å². The van der Waals surface area contributed by atoms with Crippen LogP contribution in [0.15, 0.2) is 66.7 Å². The molecule has 2 aromatic carbocycles. The van der Waals surface area contributed by atoms with Crippen molar-refractivity contribution in [2.75, 3.05) is 0 Å². The van der Waals surface area contributed by atoms with E-state index >= 15 is 0 Å². The van der Waals surface area contributed by atoms with Crippen LogP contribution in [0.5, 0.6) is 0 Å². The molecule has 0 aliphatic carbocycles. The first-order chi connectivity index (χ1) is 11.1. The van der Waals surface area contributed by atoms with Crippen molar-refractivity contribution in [3.63, 3.8) is 0 Å². The fourth-order valence-corrected chi connectivity index (χ4v) is 2.78. The Labute approximate surface area is 135 Å². The molecular formula is C20H18O3. The van der Waals surface area contributed by atoms with Crippen LogP contribution in [0.4, 0.5) is 0 Å². The summed E-state index contributed by atoms with van der Waals surface area (Å²) in [4.78, 5) is 24.0. The summed E-state index contributed by atoms with van der Waals surface area (Å²) >= 11 is 0. The predicted octanol–water partition coefficient (Wildman–Crippen LogP) is 3.83. The minimum atomic E-state index is -0.391. The molecule has 2 aromatic rings. The van der Waals surface area contributed by atoms with Crippen LogP contribution < -0.4 is 0 Å². The van der Waals surface area contributed by atoms with E-state index in [-0.39, 0.29) is 17.7 Å². The highest BCUT2D eigenvalue weighted by molar-refractivity contribution is 5.96. The summed E-state index contributed by atoms with van der Waals surface area (Å²) < 4.78 is 5.34. The minimum absolute atomic E-state index is 0.0486. The summed E-state index contributed by atoms with van der Waals surface area (Å²) in [6, 6.07) is 17.2. The number of hydrogen-bond acceptors (Lipinski definition) is 3. The van der Waals surface area contributed by atoms with E-state index in [9.17, 15) is 9.59 Å². The van der Waals surface area contributed by atoms with Gasteiger partial charge < -0.3 is 4.74 Å². The fraction of sp³-hybridized carbons (Fsp3) is 0.200. The molecule has 3 nitrogen and oxygen atoms in total. The van der Waals surface area contributed by atoms with Crippen LogP contribution in [0.2, 0.25) is 0 Å². The number of ketones is 1. The maximum atomic E-state index is 12.6. The van der Waals surface area contributed by atoms with Gasteiger partial charge in [0.05, 0.1) is 0 Å². The average Bonchev–Trinajstić information content (AvgIpc) is 3.00. The van der Waals surface area contributed by atoms with Crippen LogP contribution >= 0.6 is 0 Å². The van der Waals surface area contributed by atoms with Gasteiger partial charge in [-0.05, 0) is 18.6 Å². The number of rotatable bonds is 5. The lowest BCUT2D eigenvalue weighted by Gasteiger charge is -2.22. The Kier molecular flexibility index (Phi) is 4.38. The van der Waals surface area contributed by atoms with Crippen molar-refractivity contribution in [1.82, 2.24) is 0 Å². The Morgan fingerprint density at radius 1 is 1.09 bits per heavy atom. The van der Waals surface area contributed by atoms with Crippen LogP contribution in [0.3, 0.4) is 0 Å². The number of carbonyl (C=O) groups is 2. The third-order valence-corrected chi connectivity index (χ3v) is 4.08. The predicted molar refractivity (Wildman–Crippen MR) is 88.3 cm³/mol. The Hall–Kier alpha value is -2.68. The average molecular weight is 306 g/mol. The van der Waals surface area contributed by atoms with E-state index in [0.717, 1.165) is 11.1 Å². The highest BCUT2D eigenvalue weighted by atomic mass is 16.5. The number of ether oxygens (including phenoxy) is 1. The van der Waals surface area contributed by atoms with Crippen molar-refractivity contribution >= 4 is 11.8 Å². The maximum absolute atomic E-state index is 12.6. The Balaban J connectivity index is 1.86. The topological polar surface area (TPSA) is 43.4 Å². The summed E-state index contributed by atoms with van der Waals surface area (Å²) in [5, 5.41) is 0. The van der Waals surface area contributed by atoms with E-state index in [0.29, 0.717) is 12.0 Å². The van der Waals surface area contributed by atoms with Crippen molar-refractivity contribution in [2.24, 2.45) is 0 Å². The molecule has 0 fully saturated rings. The summed E-state index contributed by atoms with van der Waals surface area (Å²) in [6.45, 7) is 2.02. The summed E-state index contributed by atoms with van der Waals surface area (Å²) in [5.74, 6) is -0.474. The largest absolute Gasteiger partial charge is 0.454 e. The Bertz CT molecular complexity index is 729. The zero-order valence-corrected chi connectivity index (χ0v) is 12.9. The van der Waals surface area contributed by atoms with E-state index in [4.69, 9.17) is 4.74 Å². The number of benzene rings is 2. The third kappa shape index (κ3) is 3.57. The molecule has 3 heteroatoms. The van der Waals surface area contributed by atoms with E-state index in [1.165, 1.54) is 6.08 Å². The molecule has 3 rings (SSSR count). The maximum Gasteiger partial charge on any atom is 0.331 e. The molecule has 1 aliphatic heterocycles. The van der Waals surface area contributed by atoms with Gasteiger partial charge in [0.2, 0.25) is 0 Å². The zero-order valence-electron chi connectivity index (χ0n) is 12.9. The van der Waals surface area contributed by atoms with Gasteiger partial charge in [0.25, 0.3) is 0 Å². The number of carbonyl (C=O) groups excluding carboxylic acids is 2. The number of cyclic esters (lactones) is 1. The molecule has 0 unspecified atom stereocenters. The second-order valence-corrected chi connectivity index (χ2v) is 5.77. The number of esters is 1. The SMILES string of the molecule is Cc1ccc([C@@H](CC(=O)c2ccccc2)[C@H]2C=CC(=O)O2)cc1. The van der Waals surface area contributed by atoms with Gasteiger partial charge in [-0.25, -0.2) is 4.79 Å². The van der Waals surface area contributed by atoms with E-state index in [2.05, 4.69) is 0 Å². The van der Waals surface area contributed by atoms with Crippen LogP contribution in [0.25, 0.3) is 0 Å². The Morgan fingerprint density at radius 2 is 1.78 bits per heavy atom. The van der Waals surface area contributed by atoms with E-state index in [1.807, 2.05) is 61.5 Å². The van der Waals surface area contributed by atoms with Gasteiger partial charge in [-0.2, -0.15) is 0 Å². The van der Waals surface area contributed by atoms with Crippen LogP contribution in [0, 0.1) is 6.92 Å². The van der Waals surface area contributed by atoms with E-state index in [1.54, 1.807) is 6.08 Å². The first-order valence-corrected chi connectivity index (χ1v) is 7.67. The van der Waals surface area contributed by atoms with Crippen LogP contribution in [-0.4, -0.2) is 17.9 Å². The molecule has 1 heterocycles. The normalized spacial score (nSPS) is 17.8. The quantitative estimate of drug-likeness (QED) is 0.623. The summed E-state index contributed by atoms with van der Waals surface area (Å²) in [5.41, 5.74) is 2.84. The number of hydrogen-bond donors (Lipinski definition) is 0. The smallest absolute Gasteiger partial charge is 0.331 e. The first kappa shape index (κ1) is 15.2. The molecule has 0 spiro atoms. The molecule has 0 amide bonds. The first-order valence-electron chi connectivity index (χ1n) is 7.67. The number of Topliss-reactive ketones (excluding diaryl/α,β-unsaturated/α-hetero) is 1. The summed E-state index contributed by atoms with van der Waals surface area (Å²) in [6.07, 6.45) is 3.08. The van der Waals surface area contributed by atoms with Crippen molar-refractivity contribution in [2.45, 2.75) is 25.4 Å². The lowest BCUT2D eigenvalue weighted by Crippen LogP contribution is -2.21. The molecule has 0 bridgehead atoms. The minimum Gasteiger partial charge on any atom is -0.454 e. The third-order valence-electron chi connectivity index (χ3n) is 4.08. The lowest BCUT2D eigenvalue weighted by molar-refractivity contribution is -0.139. The van der Waals surface area contributed by atoms with Gasteiger partial charge in [-0.15, -0.1) is 0 Å². The Morgan fingerprint density at radius 3 is 2.39 bits per heavy atom. The standard InChI is InChI=1S/C20H18O3/c1-14-7-9-15(10-8-14)17(19-11-12-20(22)23-19)13-18(21)16-5-3-2-4-6-16/h2-12,17,19H,13H2,1H3/t17-,19-/m1/s1. The van der Waals surface area contributed by atoms with Crippen LogP contribution in [-0.2, 0) is 9.53 Å². The molecule has 2 atom stereocenters. The molecule has 0 saturated heterocycles. The van der Waals surface area contributed by atoms with Crippen molar-refractivity contribution in [3.05, 3.63) is 83.4 Å². The highest BCUT2D eigenvalue weighted by Gasteiger charge is 2.30. The van der Waals surface area contributed by atoms with Gasteiger partial charge in [-0.3, -0.25) is 4.79 Å². The zero-order chi connectivity index (χ0) is 16.2. The second-order valence-electron chi connectivity index (χ2n) is 5.77. The van der Waals surface area contributed by atoms with Crippen molar-refractivity contribution in [1.29, 1.82) is 0 Å². The second kappa shape index (κ2) is 6.61. The van der Waals surface area contributed by atoms with E-state index < -0.39 is 6.10 Å². The van der Waals surface area contributed by atoms with Gasteiger partial charge in [0.15, 0.2) is 5.78 Å². The summed E-state index contributed by atoms with van der Waals surface area (Å²) in [7, 11) is 0. The molecule has 1 aliphatic rings. The van der Waals surface area contributed by atoms with Gasteiger partial charge in [0.1, 0.15) is 6.10 Å². The molecule has 0 aromatic heterocycles. The van der Waals surface area contributed by atoms with Gasteiger partial charge >= 0.3 is 5.97 Å². The van der Waals surface area contributed by atoms with Crippen LogP contribution in [0.1, 0.15) is 33.8 Å². The monoisotopic (exact) mass is 306 g/mol. The highest BCUT2D eigenvalue weighted by Crippen LogP contribution is 2.30. The molecule has 0 saturated carbocycles. The van der Waals surface area contributed by atoms with Crippen molar-refractivity contribution < 1.29 is 14.3 Å². The molecular weight excluding hydrogens is 288 g/mol. The fourth-order valence-electron chi connectivity index (χ4n) is 2.78. The number of aryl methyl sites for hydroxylation is 1. The molecule has 0 N–H and O–H groups in total.